The van der Waals surface area contributed by atoms with Crippen LogP contribution in [0.15, 0.2) is 54.6 Å². The van der Waals surface area contributed by atoms with Crippen molar-refractivity contribution in [3.63, 3.8) is 0 Å². The third-order valence-corrected chi connectivity index (χ3v) is 4.42. The number of carbonyl (C=O) groups excluding carboxylic acids is 1. The van der Waals surface area contributed by atoms with Crippen molar-refractivity contribution in [2.24, 2.45) is 0 Å². The Morgan fingerprint density at radius 1 is 1.24 bits per heavy atom. The fourth-order valence-electron chi connectivity index (χ4n) is 2.66. The standard InChI is InChI=1S/C20H19ClN4O4/c1-14-11-19(25(27)28)23-24(14)10-9-22-20(26)16-7-5-15(6-8-16)13-29-18-4-2-3-17(21)12-18/h2-8,11-12H,9-10,13H2,1H3,(H,22,26). The molecule has 0 bridgehead atoms. The number of amides is 1. The van der Waals surface area contributed by atoms with E-state index in [-0.39, 0.29) is 11.7 Å². The second-order valence-corrected chi connectivity index (χ2v) is 6.76. The summed E-state index contributed by atoms with van der Waals surface area (Å²) in [6, 6.07) is 15.6. The molecule has 29 heavy (non-hydrogen) atoms. The minimum atomic E-state index is -0.542. The van der Waals surface area contributed by atoms with Gasteiger partial charge >= 0.3 is 5.82 Å². The molecule has 0 aliphatic heterocycles. The molecule has 3 aromatic rings. The molecule has 0 saturated heterocycles. The highest BCUT2D eigenvalue weighted by Gasteiger charge is 2.15. The van der Waals surface area contributed by atoms with Crippen LogP contribution in [0.25, 0.3) is 0 Å². The zero-order chi connectivity index (χ0) is 20.8. The molecule has 0 unspecified atom stereocenters. The quantitative estimate of drug-likeness (QED) is 0.447. The lowest BCUT2D eigenvalue weighted by atomic mass is 10.1. The van der Waals surface area contributed by atoms with Crippen LogP contribution in [0.2, 0.25) is 5.02 Å². The summed E-state index contributed by atoms with van der Waals surface area (Å²) < 4.78 is 7.17. The lowest BCUT2D eigenvalue weighted by molar-refractivity contribution is -0.389. The highest BCUT2D eigenvalue weighted by atomic mass is 35.5. The molecular weight excluding hydrogens is 396 g/mol. The summed E-state index contributed by atoms with van der Waals surface area (Å²) in [5.74, 6) is 0.240. The van der Waals surface area contributed by atoms with Crippen LogP contribution in [0.4, 0.5) is 5.82 Å². The number of nitrogens with one attached hydrogen (secondary N) is 1. The van der Waals surface area contributed by atoms with Crippen molar-refractivity contribution in [2.45, 2.75) is 20.1 Å². The topological polar surface area (TPSA) is 99.3 Å². The molecule has 150 valence electrons. The molecule has 1 N–H and O–H groups in total. The molecule has 1 heterocycles. The zero-order valence-corrected chi connectivity index (χ0v) is 16.4. The van der Waals surface area contributed by atoms with E-state index in [1.54, 1.807) is 31.2 Å². The zero-order valence-electron chi connectivity index (χ0n) is 15.7. The summed E-state index contributed by atoms with van der Waals surface area (Å²) in [5.41, 5.74) is 2.09. The highest BCUT2D eigenvalue weighted by Crippen LogP contribution is 2.18. The van der Waals surface area contributed by atoms with Crippen LogP contribution >= 0.6 is 11.6 Å². The molecule has 3 rings (SSSR count). The van der Waals surface area contributed by atoms with E-state index in [2.05, 4.69) is 10.4 Å². The maximum Gasteiger partial charge on any atom is 0.390 e. The Labute approximate surface area is 172 Å². The van der Waals surface area contributed by atoms with Gasteiger partial charge in [-0.05, 0) is 47.7 Å². The van der Waals surface area contributed by atoms with Gasteiger partial charge in [0.1, 0.15) is 12.4 Å². The van der Waals surface area contributed by atoms with Gasteiger partial charge in [0, 0.05) is 17.1 Å². The van der Waals surface area contributed by atoms with Crippen LogP contribution in [-0.4, -0.2) is 27.2 Å². The average Bonchev–Trinajstić information content (AvgIpc) is 3.08. The van der Waals surface area contributed by atoms with Gasteiger partial charge in [0.15, 0.2) is 0 Å². The monoisotopic (exact) mass is 414 g/mol. The summed E-state index contributed by atoms with van der Waals surface area (Å²) in [6.45, 7) is 2.74. The predicted molar refractivity (Wildman–Crippen MR) is 108 cm³/mol. The summed E-state index contributed by atoms with van der Waals surface area (Å²) in [6.07, 6.45) is 0. The normalized spacial score (nSPS) is 10.6. The van der Waals surface area contributed by atoms with Crippen molar-refractivity contribution in [2.75, 3.05) is 6.54 Å². The van der Waals surface area contributed by atoms with Crippen LogP contribution in [-0.2, 0) is 13.2 Å². The van der Waals surface area contributed by atoms with Gasteiger partial charge in [0.05, 0.1) is 23.4 Å². The summed E-state index contributed by atoms with van der Waals surface area (Å²) in [5, 5.41) is 18.0. The van der Waals surface area contributed by atoms with Crippen molar-refractivity contribution >= 4 is 23.3 Å². The number of nitro groups is 1. The van der Waals surface area contributed by atoms with E-state index >= 15 is 0 Å². The third-order valence-electron chi connectivity index (χ3n) is 4.18. The number of halogens is 1. The van der Waals surface area contributed by atoms with Gasteiger partial charge in [-0.1, -0.05) is 29.8 Å². The van der Waals surface area contributed by atoms with Gasteiger partial charge in [0.2, 0.25) is 0 Å². The molecule has 0 spiro atoms. The van der Waals surface area contributed by atoms with Crippen LogP contribution < -0.4 is 10.1 Å². The molecule has 9 heteroatoms. The second kappa shape index (κ2) is 9.20. The predicted octanol–water partition coefficient (Wildman–Crippen LogP) is 3.76. The Morgan fingerprint density at radius 2 is 2.00 bits per heavy atom. The Balaban J connectivity index is 1.49. The first kappa shape index (κ1) is 20.3. The molecule has 0 saturated carbocycles. The fourth-order valence-corrected chi connectivity index (χ4v) is 2.84. The molecule has 0 aliphatic carbocycles. The fraction of sp³-hybridized carbons (Fsp3) is 0.200. The minimum Gasteiger partial charge on any atom is -0.489 e. The van der Waals surface area contributed by atoms with E-state index in [1.165, 1.54) is 10.7 Å². The Bertz CT molecular complexity index is 1020. The van der Waals surface area contributed by atoms with Crippen molar-refractivity contribution < 1.29 is 14.5 Å². The Hall–Kier alpha value is -3.39. The van der Waals surface area contributed by atoms with Crippen LogP contribution in [0.3, 0.4) is 0 Å². The van der Waals surface area contributed by atoms with E-state index in [0.29, 0.717) is 41.7 Å². The number of carbonyl (C=O) groups is 1. The number of rotatable bonds is 8. The molecule has 0 atom stereocenters. The van der Waals surface area contributed by atoms with Crippen molar-refractivity contribution in [1.82, 2.24) is 15.1 Å². The SMILES string of the molecule is Cc1cc([N+](=O)[O-])nn1CCNC(=O)c1ccc(COc2cccc(Cl)c2)cc1. The number of benzene rings is 2. The molecule has 0 fully saturated rings. The lowest BCUT2D eigenvalue weighted by Gasteiger charge is -2.08. The van der Waals surface area contributed by atoms with Crippen molar-refractivity contribution in [3.05, 3.63) is 86.6 Å². The van der Waals surface area contributed by atoms with Gasteiger partial charge < -0.3 is 20.2 Å². The third kappa shape index (κ3) is 5.55. The summed E-state index contributed by atoms with van der Waals surface area (Å²) >= 11 is 5.93. The summed E-state index contributed by atoms with van der Waals surface area (Å²) in [4.78, 5) is 22.5. The molecule has 0 aliphatic rings. The lowest BCUT2D eigenvalue weighted by Crippen LogP contribution is -2.27. The van der Waals surface area contributed by atoms with Crippen molar-refractivity contribution in [3.8, 4) is 5.75 Å². The van der Waals surface area contributed by atoms with Gasteiger partial charge in [-0.3, -0.25) is 4.79 Å². The summed E-state index contributed by atoms with van der Waals surface area (Å²) in [7, 11) is 0. The maximum atomic E-state index is 12.3. The number of aromatic nitrogens is 2. The smallest absolute Gasteiger partial charge is 0.390 e. The van der Waals surface area contributed by atoms with Gasteiger partial charge in [-0.25, -0.2) is 0 Å². The minimum absolute atomic E-state index is 0.204. The van der Waals surface area contributed by atoms with E-state index < -0.39 is 4.92 Å². The molecule has 1 amide bonds. The van der Waals surface area contributed by atoms with E-state index in [9.17, 15) is 14.9 Å². The molecule has 1 aromatic heterocycles. The maximum absolute atomic E-state index is 12.3. The number of nitrogens with zero attached hydrogens (tertiary/aromatic N) is 3. The number of ether oxygens (including phenoxy) is 1. The van der Waals surface area contributed by atoms with Gasteiger partial charge in [0.25, 0.3) is 5.91 Å². The van der Waals surface area contributed by atoms with Gasteiger partial charge in [-0.15, -0.1) is 0 Å². The first-order chi connectivity index (χ1) is 13.9. The largest absolute Gasteiger partial charge is 0.489 e. The first-order valence-corrected chi connectivity index (χ1v) is 9.24. The number of hydrogen-bond acceptors (Lipinski definition) is 5. The Kier molecular flexibility index (Phi) is 6.46. The van der Waals surface area contributed by atoms with Crippen LogP contribution in [0.5, 0.6) is 5.75 Å². The second-order valence-electron chi connectivity index (χ2n) is 6.32. The van der Waals surface area contributed by atoms with E-state index in [4.69, 9.17) is 16.3 Å². The number of hydrogen-bond donors (Lipinski definition) is 1. The van der Waals surface area contributed by atoms with Crippen molar-refractivity contribution in [1.29, 1.82) is 0 Å². The average molecular weight is 415 g/mol. The van der Waals surface area contributed by atoms with E-state index in [0.717, 1.165) is 5.56 Å². The van der Waals surface area contributed by atoms with E-state index in [1.807, 2.05) is 24.3 Å². The van der Waals surface area contributed by atoms with Gasteiger partial charge in [-0.2, -0.15) is 4.68 Å². The number of aryl methyl sites for hydroxylation is 1. The highest BCUT2D eigenvalue weighted by molar-refractivity contribution is 6.30. The molecular formula is C20H19ClN4O4. The molecule has 2 aromatic carbocycles. The molecule has 0 radical (unpaired) electrons. The Morgan fingerprint density at radius 3 is 2.66 bits per heavy atom. The van der Waals surface area contributed by atoms with Crippen LogP contribution in [0.1, 0.15) is 21.6 Å². The molecule has 8 nitrogen and oxygen atoms in total. The van der Waals surface area contributed by atoms with Crippen LogP contribution in [0, 0.1) is 17.0 Å². The first-order valence-electron chi connectivity index (χ1n) is 8.87.